The first-order chi connectivity index (χ1) is 12.6. The van der Waals surface area contributed by atoms with Crippen LogP contribution in [-0.4, -0.2) is 57.8 Å². The number of methoxy groups -OCH3 is 1. The first-order valence-electron chi connectivity index (χ1n) is 8.22. The Balaban J connectivity index is 1.75. The molecule has 136 valence electrons. The molecule has 2 N–H and O–H groups in total. The van der Waals surface area contributed by atoms with Gasteiger partial charge in [-0.2, -0.15) is 0 Å². The summed E-state index contributed by atoms with van der Waals surface area (Å²) in [5.74, 6) is -0.452. The highest BCUT2D eigenvalue weighted by atomic mass is 79.9. The summed E-state index contributed by atoms with van der Waals surface area (Å²) in [4.78, 5) is 14.5. The average Bonchev–Trinajstić information content (AvgIpc) is 2.94. The molecule has 7 nitrogen and oxygen atoms in total. The van der Waals surface area contributed by atoms with Crippen LogP contribution >= 0.6 is 15.9 Å². The summed E-state index contributed by atoms with van der Waals surface area (Å²) in [7, 11) is 1.70. The van der Waals surface area contributed by atoms with Gasteiger partial charge in [-0.15, -0.1) is 0 Å². The van der Waals surface area contributed by atoms with E-state index in [1.165, 1.54) is 0 Å². The highest BCUT2D eigenvalue weighted by molar-refractivity contribution is 9.10. The van der Waals surface area contributed by atoms with Crippen molar-refractivity contribution in [3.63, 3.8) is 0 Å². The zero-order chi connectivity index (χ0) is 18.3. The van der Waals surface area contributed by atoms with Crippen LogP contribution in [0.5, 0.6) is 0 Å². The number of anilines is 1. The van der Waals surface area contributed by atoms with Crippen molar-refractivity contribution >= 4 is 32.8 Å². The van der Waals surface area contributed by atoms with Crippen LogP contribution in [0.25, 0.3) is 22.2 Å². The Morgan fingerprint density at radius 1 is 1.35 bits per heavy atom. The van der Waals surface area contributed by atoms with Crippen molar-refractivity contribution in [1.82, 2.24) is 24.4 Å². The average molecular weight is 421 g/mol. The second-order valence-corrected chi connectivity index (χ2v) is 7.12. The van der Waals surface area contributed by atoms with E-state index < -0.39 is 5.82 Å². The number of pyridine rings is 1. The molecule has 3 aromatic rings. The fourth-order valence-electron chi connectivity index (χ4n) is 3.30. The summed E-state index contributed by atoms with van der Waals surface area (Å²) in [6.07, 6.45) is 4.83. The lowest BCUT2D eigenvalue weighted by Gasteiger charge is -2.40. The van der Waals surface area contributed by atoms with Crippen LogP contribution in [-0.2, 0) is 4.74 Å². The minimum atomic E-state index is -0.499. The molecule has 0 spiro atoms. The maximum atomic E-state index is 14.4. The molecule has 1 aliphatic rings. The van der Waals surface area contributed by atoms with E-state index in [0.29, 0.717) is 22.8 Å². The van der Waals surface area contributed by atoms with Crippen molar-refractivity contribution in [2.45, 2.75) is 6.04 Å². The summed E-state index contributed by atoms with van der Waals surface area (Å²) in [6, 6.07) is 2.17. The maximum absolute atomic E-state index is 14.4. The van der Waals surface area contributed by atoms with Gasteiger partial charge in [0.15, 0.2) is 5.82 Å². The molecular formula is C17H18BrFN6O. The number of nitrogen functional groups attached to an aromatic ring is 1. The molecule has 3 aromatic heterocycles. The van der Waals surface area contributed by atoms with Crippen LogP contribution in [0.3, 0.4) is 0 Å². The van der Waals surface area contributed by atoms with Gasteiger partial charge in [0.25, 0.3) is 0 Å². The van der Waals surface area contributed by atoms with E-state index in [1.54, 1.807) is 13.3 Å². The molecule has 1 fully saturated rings. The quantitative estimate of drug-likeness (QED) is 0.638. The number of fused-ring (bicyclic) bond motifs is 1. The normalized spacial score (nSPS) is 15.5. The number of likely N-dealkylation sites (tertiary alicyclic amines) is 1. The smallest absolute Gasteiger partial charge is 0.220 e. The van der Waals surface area contributed by atoms with Crippen molar-refractivity contribution in [1.29, 1.82) is 0 Å². The first kappa shape index (κ1) is 17.3. The fraction of sp³-hybridized carbons (Fsp3) is 0.353. The van der Waals surface area contributed by atoms with E-state index in [4.69, 9.17) is 10.5 Å². The first-order valence-corrected chi connectivity index (χ1v) is 9.02. The summed E-state index contributed by atoms with van der Waals surface area (Å²) >= 11 is 3.39. The van der Waals surface area contributed by atoms with Gasteiger partial charge in [0.05, 0.1) is 30.6 Å². The second-order valence-electron chi connectivity index (χ2n) is 6.31. The molecule has 0 bridgehead atoms. The van der Waals surface area contributed by atoms with Crippen molar-refractivity contribution < 1.29 is 9.13 Å². The predicted molar refractivity (Wildman–Crippen MR) is 100 cm³/mol. The molecular weight excluding hydrogens is 403 g/mol. The zero-order valence-corrected chi connectivity index (χ0v) is 15.8. The Hall–Kier alpha value is -2.10. The second kappa shape index (κ2) is 6.90. The lowest BCUT2D eigenvalue weighted by atomic mass is 10.1. The summed E-state index contributed by atoms with van der Waals surface area (Å²) in [5, 5.41) is 0.874. The van der Waals surface area contributed by atoms with Gasteiger partial charge < -0.3 is 15.0 Å². The Labute approximate surface area is 158 Å². The zero-order valence-electron chi connectivity index (χ0n) is 14.2. The number of nitrogens with zero attached hydrogens (tertiary/aromatic N) is 5. The van der Waals surface area contributed by atoms with Crippen LogP contribution in [0, 0.1) is 5.82 Å². The standard InChI is InChI=1S/C17H18BrFN6O/c1-26-3-2-24-7-10(8-24)25-9-12(11-4-15(18)21-6-14(11)25)16-13(19)5-22-17(20)23-16/h4-6,9-10H,2-3,7-8H2,1H3,(H2,20,22,23). The van der Waals surface area contributed by atoms with Gasteiger partial charge in [0.1, 0.15) is 10.3 Å². The number of rotatable bonds is 5. The Morgan fingerprint density at radius 2 is 2.15 bits per heavy atom. The third kappa shape index (κ3) is 3.06. The molecule has 1 aliphatic heterocycles. The minimum Gasteiger partial charge on any atom is -0.383 e. The van der Waals surface area contributed by atoms with Crippen LogP contribution in [0.4, 0.5) is 10.3 Å². The highest BCUT2D eigenvalue weighted by Crippen LogP contribution is 2.35. The number of aromatic nitrogens is 4. The molecule has 0 saturated carbocycles. The largest absolute Gasteiger partial charge is 0.383 e. The Kier molecular flexibility index (Phi) is 4.60. The van der Waals surface area contributed by atoms with Crippen LogP contribution < -0.4 is 5.73 Å². The molecule has 4 rings (SSSR count). The molecule has 26 heavy (non-hydrogen) atoms. The van der Waals surface area contributed by atoms with Crippen molar-refractivity contribution in [2.75, 3.05) is 39.1 Å². The van der Waals surface area contributed by atoms with Gasteiger partial charge in [0, 0.05) is 43.9 Å². The van der Waals surface area contributed by atoms with Gasteiger partial charge in [-0.25, -0.2) is 19.3 Å². The van der Waals surface area contributed by atoms with Gasteiger partial charge in [-0.3, -0.25) is 4.90 Å². The molecule has 0 unspecified atom stereocenters. The van der Waals surface area contributed by atoms with E-state index >= 15 is 0 Å². The lowest BCUT2D eigenvalue weighted by molar-refractivity contribution is 0.0715. The van der Waals surface area contributed by atoms with E-state index in [-0.39, 0.29) is 11.6 Å². The monoisotopic (exact) mass is 420 g/mol. The van der Waals surface area contributed by atoms with Crippen molar-refractivity contribution in [3.05, 3.63) is 35.1 Å². The Morgan fingerprint density at radius 3 is 2.92 bits per heavy atom. The van der Waals surface area contributed by atoms with Gasteiger partial charge in [0.2, 0.25) is 5.95 Å². The lowest BCUT2D eigenvalue weighted by Crippen LogP contribution is -2.48. The van der Waals surface area contributed by atoms with Crippen LogP contribution in [0.2, 0.25) is 0 Å². The van der Waals surface area contributed by atoms with Crippen molar-refractivity contribution in [2.24, 2.45) is 0 Å². The van der Waals surface area contributed by atoms with Crippen LogP contribution in [0.1, 0.15) is 6.04 Å². The summed E-state index contributed by atoms with van der Waals surface area (Å²) in [5.41, 5.74) is 7.50. The summed E-state index contributed by atoms with van der Waals surface area (Å²) in [6.45, 7) is 3.44. The molecule has 0 aromatic carbocycles. The van der Waals surface area contributed by atoms with E-state index in [1.807, 2.05) is 12.3 Å². The number of halogens is 2. The SMILES string of the molecule is COCCN1CC(n2cc(-c3nc(N)ncc3F)c3cc(Br)ncc32)C1. The topological polar surface area (TPSA) is 82.1 Å². The number of hydrogen-bond donors (Lipinski definition) is 1. The molecule has 0 amide bonds. The molecule has 9 heteroatoms. The predicted octanol–water partition coefficient (Wildman–Crippen LogP) is 2.48. The molecule has 0 radical (unpaired) electrons. The van der Waals surface area contributed by atoms with Crippen LogP contribution in [0.15, 0.2) is 29.3 Å². The van der Waals surface area contributed by atoms with Crippen molar-refractivity contribution in [3.8, 4) is 11.3 Å². The van der Waals surface area contributed by atoms with Gasteiger partial charge in [-0.1, -0.05) is 0 Å². The molecule has 1 saturated heterocycles. The number of nitrogens with two attached hydrogens (primary N) is 1. The maximum Gasteiger partial charge on any atom is 0.220 e. The highest BCUT2D eigenvalue weighted by Gasteiger charge is 2.30. The third-order valence-electron chi connectivity index (χ3n) is 4.65. The minimum absolute atomic E-state index is 0.0461. The van der Waals surface area contributed by atoms with Gasteiger partial charge in [-0.05, 0) is 22.0 Å². The summed E-state index contributed by atoms with van der Waals surface area (Å²) < 4.78 is 22.3. The molecule has 0 atom stereocenters. The van der Waals surface area contributed by atoms with Gasteiger partial charge >= 0.3 is 0 Å². The third-order valence-corrected chi connectivity index (χ3v) is 5.08. The fourth-order valence-corrected chi connectivity index (χ4v) is 3.64. The van der Waals surface area contributed by atoms with E-state index in [9.17, 15) is 4.39 Å². The van der Waals surface area contributed by atoms with E-state index in [0.717, 1.165) is 36.7 Å². The molecule has 0 aliphatic carbocycles. The number of hydrogen-bond acceptors (Lipinski definition) is 6. The number of ether oxygens (including phenoxy) is 1. The van der Waals surface area contributed by atoms with E-state index in [2.05, 4.69) is 40.3 Å². The Bertz CT molecular complexity index is 956. The molecule has 4 heterocycles.